The Labute approximate surface area is 290 Å². The zero-order valence-electron chi connectivity index (χ0n) is 25.6. The molecule has 0 aromatic heterocycles. The second kappa shape index (κ2) is 16.9. The van der Waals surface area contributed by atoms with Gasteiger partial charge in [0.05, 0.1) is 0 Å². The molecular formula is C40H36Cl2SiZr-2. The molecule has 0 amide bonds. The first-order chi connectivity index (χ1) is 20.4. The summed E-state index contributed by atoms with van der Waals surface area (Å²) in [5, 5.41) is 5.37. The number of hydrogen-bond acceptors (Lipinski definition) is 0. The zero-order valence-corrected chi connectivity index (χ0v) is 30.6. The third kappa shape index (κ3) is 8.80. The molecule has 0 saturated carbocycles. The molecule has 0 unspecified atom stereocenters. The molecule has 0 saturated heterocycles. The summed E-state index contributed by atoms with van der Waals surface area (Å²) in [6.07, 6.45) is 0. The molecule has 0 atom stereocenters. The molecule has 0 heterocycles. The van der Waals surface area contributed by atoms with Crippen LogP contribution in [0.5, 0.6) is 0 Å². The van der Waals surface area contributed by atoms with Crippen LogP contribution in [0.25, 0.3) is 54.9 Å². The van der Waals surface area contributed by atoms with Crippen molar-refractivity contribution in [3.8, 4) is 33.4 Å². The fourth-order valence-corrected chi connectivity index (χ4v) is 5.36. The van der Waals surface area contributed by atoms with Crippen molar-refractivity contribution < 1.29 is 48.1 Å². The number of rotatable bonds is 3. The van der Waals surface area contributed by atoms with Crippen LogP contribution in [0.2, 0.25) is 13.1 Å². The fourth-order valence-electron chi connectivity index (χ4n) is 5.36. The van der Waals surface area contributed by atoms with Crippen molar-refractivity contribution in [2.45, 2.75) is 26.9 Å². The molecule has 44 heavy (non-hydrogen) atoms. The van der Waals surface area contributed by atoms with Gasteiger partial charge in [-0.2, -0.15) is 6.07 Å². The minimum atomic E-state index is 0. The molecule has 0 bridgehead atoms. The molecule has 0 fully saturated rings. The van der Waals surface area contributed by atoms with Crippen molar-refractivity contribution in [1.82, 2.24) is 0 Å². The number of benzene rings is 5. The molecule has 0 aliphatic heterocycles. The van der Waals surface area contributed by atoms with Crippen LogP contribution in [0.4, 0.5) is 0 Å². The molecular weight excluding hydrogens is 671 g/mol. The Morgan fingerprint density at radius 3 is 1.57 bits per heavy atom. The van der Waals surface area contributed by atoms with Crippen molar-refractivity contribution in [3.05, 3.63) is 157 Å². The van der Waals surface area contributed by atoms with Gasteiger partial charge in [-0.1, -0.05) is 140 Å². The van der Waals surface area contributed by atoms with Crippen LogP contribution in [0, 0.1) is 13.8 Å². The Kier molecular flexibility index (Phi) is 13.6. The van der Waals surface area contributed by atoms with Gasteiger partial charge in [0.25, 0.3) is 0 Å². The molecule has 220 valence electrons. The van der Waals surface area contributed by atoms with Gasteiger partial charge in [0.1, 0.15) is 0 Å². The molecule has 7 aromatic rings. The van der Waals surface area contributed by atoms with E-state index in [9.17, 15) is 0 Å². The van der Waals surface area contributed by atoms with E-state index >= 15 is 0 Å². The van der Waals surface area contributed by atoms with Crippen LogP contribution >= 0.6 is 0 Å². The standard InChI is InChI=1S/C21H15.C17H15.C2H6Si.2ClH.Zr/c1-3-8-16(9-4-1)19-14-18-12-7-13-20(21(18)15-19)17-10-5-2-6-11-17;1-12-10-16-13(2)8-9-15(17(16)11-12)14-6-4-3-5-7-14;1-3-2;;;/h1-15H;3-11H,1-2H3;1-2H3;2*1H;/q2*-1;;;;+2/p-2. The summed E-state index contributed by atoms with van der Waals surface area (Å²) in [5.41, 5.74) is 10.7. The van der Waals surface area contributed by atoms with Gasteiger partial charge >= 0.3 is 41.9 Å². The maximum absolute atomic E-state index is 2.31. The first-order valence-electron chi connectivity index (χ1n) is 14.4. The third-order valence-electron chi connectivity index (χ3n) is 7.28. The summed E-state index contributed by atoms with van der Waals surface area (Å²) in [5.74, 6) is 0. The molecule has 0 spiro atoms. The summed E-state index contributed by atoms with van der Waals surface area (Å²) in [7, 11) is 0. The predicted octanol–water partition coefficient (Wildman–Crippen LogP) is 5.53. The molecule has 7 aromatic carbocycles. The Bertz CT molecular complexity index is 1920. The van der Waals surface area contributed by atoms with E-state index in [-0.39, 0.29) is 30.2 Å². The normalized spacial score (nSPS) is 10.0. The van der Waals surface area contributed by atoms with Crippen molar-refractivity contribution in [1.29, 1.82) is 0 Å². The van der Waals surface area contributed by atoms with Crippen LogP contribution in [-0.4, -0.2) is 5.43 Å². The summed E-state index contributed by atoms with van der Waals surface area (Å²) >= 11 is 1.74. The van der Waals surface area contributed by atoms with Crippen LogP contribution < -0.4 is 24.8 Å². The van der Waals surface area contributed by atoms with Crippen LogP contribution in [0.3, 0.4) is 0 Å². The zero-order chi connectivity index (χ0) is 29.5. The smallest absolute Gasteiger partial charge is 0.0259 e. The molecule has 0 aliphatic carbocycles. The van der Waals surface area contributed by atoms with E-state index in [1.54, 1.807) is 23.3 Å². The predicted molar refractivity (Wildman–Crippen MR) is 182 cm³/mol. The van der Waals surface area contributed by atoms with Crippen LogP contribution in [0.15, 0.2) is 146 Å². The van der Waals surface area contributed by atoms with Crippen molar-refractivity contribution in [3.63, 3.8) is 0 Å². The largest absolute Gasteiger partial charge is 1.00 e. The molecule has 0 nitrogen and oxygen atoms in total. The summed E-state index contributed by atoms with van der Waals surface area (Å²) in [6, 6.07) is 51.8. The quantitative estimate of drug-likeness (QED) is 0.168. The first-order valence-corrected chi connectivity index (χ1v) is 20.6. The monoisotopic (exact) mass is 704 g/mol. The SMILES string of the molecule is C[Si](C)=[Zr+2].Cc1cc2c(-c3ccccc3)ccc(C)c2[cH-]1.[Cl-].[Cl-].c1ccc(-c2cc3c(-c4ccccc4)cccc3[cH-]2)cc1. The topological polar surface area (TPSA) is 0 Å². The van der Waals surface area contributed by atoms with E-state index in [1.165, 1.54) is 66.1 Å². The average molecular weight is 707 g/mol. The van der Waals surface area contributed by atoms with Gasteiger partial charge in [-0.05, 0) is 11.1 Å². The van der Waals surface area contributed by atoms with E-state index < -0.39 is 0 Å². The Morgan fingerprint density at radius 2 is 1.02 bits per heavy atom. The van der Waals surface area contributed by atoms with Crippen molar-refractivity contribution in [2.24, 2.45) is 0 Å². The van der Waals surface area contributed by atoms with E-state index in [0.717, 1.165) is 0 Å². The summed E-state index contributed by atoms with van der Waals surface area (Å²) in [4.78, 5) is 0. The molecule has 0 aliphatic rings. The second-order valence-corrected chi connectivity index (χ2v) is 20.3. The van der Waals surface area contributed by atoms with Crippen molar-refractivity contribution in [2.75, 3.05) is 0 Å². The molecule has 7 rings (SSSR count). The van der Waals surface area contributed by atoms with Gasteiger partial charge in [0.2, 0.25) is 0 Å². The van der Waals surface area contributed by atoms with Gasteiger partial charge < -0.3 is 24.8 Å². The number of hydrogen-bond donors (Lipinski definition) is 0. The molecule has 4 heteroatoms. The van der Waals surface area contributed by atoms with E-state index in [4.69, 9.17) is 0 Å². The Hall–Kier alpha value is -3.00. The second-order valence-electron chi connectivity index (χ2n) is 10.9. The minimum Gasteiger partial charge on any atom is -1.00 e. The van der Waals surface area contributed by atoms with Gasteiger partial charge in [-0.25, -0.2) is 0 Å². The Balaban J connectivity index is 0.000000210. The van der Waals surface area contributed by atoms with Gasteiger partial charge in [0.15, 0.2) is 0 Å². The van der Waals surface area contributed by atoms with Crippen molar-refractivity contribution >= 4 is 27.0 Å². The van der Waals surface area contributed by atoms with E-state index in [2.05, 4.69) is 173 Å². The number of halogens is 2. The number of aryl methyl sites for hydroxylation is 2. The minimum absolute atomic E-state index is 0. The van der Waals surface area contributed by atoms with Gasteiger partial charge in [0, 0.05) is 0 Å². The molecule has 0 radical (unpaired) electrons. The molecule has 0 N–H and O–H groups in total. The first kappa shape index (κ1) is 35.5. The maximum Gasteiger partial charge on any atom is -0.0259 e. The average Bonchev–Trinajstić information content (AvgIpc) is 3.63. The maximum atomic E-state index is 2.31. The van der Waals surface area contributed by atoms with E-state index in [0.29, 0.717) is 0 Å². The third-order valence-corrected chi connectivity index (χ3v) is 7.28. The van der Waals surface area contributed by atoms with Crippen LogP contribution in [-0.2, 0) is 23.3 Å². The van der Waals surface area contributed by atoms with E-state index in [1.807, 2.05) is 0 Å². The van der Waals surface area contributed by atoms with Crippen LogP contribution in [0.1, 0.15) is 11.1 Å². The summed E-state index contributed by atoms with van der Waals surface area (Å²) < 4.78 is 0. The fraction of sp³-hybridized carbons (Fsp3) is 0.100. The van der Waals surface area contributed by atoms with Gasteiger partial charge in [-0.15, -0.1) is 68.6 Å². The summed E-state index contributed by atoms with van der Waals surface area (Å²) in [6.45, 7) is 8.96. The van der Waals surface area contributed by atoms with Gasteiger partial charge in [-0.3, -0.25) is 0 Å². The number of fused-ring (bicyclic) bond motifs is 2. The Morgan fingerprint density at radius 1 is 0.523 bits per heavy atom.